The maximum atomic E-state index is 13.6. The lowest BCUT2D eigenvalue weighted by Crippen LogP contribution is -2.31. The third kappa shape index (κ3) is 2.51. The Hall–Kier alpha value is -1.58. The minimum absolute atomic E-state index is 0.0560. The van der Waals surface area contributed by atoms with Crippen LogP contribution in [0.4, 0.5) is 22.0 Å². The Bertz CT molecular complexity index is 588. The third-order valence-electron chi connectivity index (χ3n) is 2.68. The van der Waals surface area contributed by atoms with Crippen molar-refractivity contribution in [3.8, 4) is 0 Å². The van der Waals surface area contributed by atoms with Crippen molar-refractivity contribution >= 4 is 11.3 Å². The minimum atomic E-state index is -2.20. The Kier molecular flexibility index (Phi) is 4.31. The summed E-state index contributed by atoms with van der Waals surface area (Å²) in [6.07, 6.45) is 1.36. The van der Waals surface area contributed by atoms with Gasteiger partial charge in [0.1, 0.15) is 0 Å². The number of rotatable bonds is 4. The molecule has 108 valence electrons. The molecule has 2 aromatic rings. The van der Waals surface area contributed by atoms with E-state index in [4.69, 9.17) is 5.84 Å². The molecular weight excluding hydrogens is 301 g/mol. The Morgan fingerprint density at radius 3 is 2.05 bits per heavy atom. The first-order chi connectivity index (χ1) is 9.47. The molecule has 0 amide bonds. The van der Waals surface area contributed by atoms with Crippen molar-refractivity contribution < 1.29 is 22.0 Å². The molecule has 1 aromatic carbocycles. The van der Waals surface area contributed by atoms with E-state index in [0.29, 0.717) is 4.88 Å². The van der Waals surface area contributed by atoms with Crippen LogP contribution in [0.5, 0.6) is 0 Å². The highest BCUT2D eigenvalue weighted by molar-refractivity contribution is 7.09. The number of hydrogen-bond donors (Lipinski definition) is 2. The molecule has 1 aromatic heterocycles. The van der Waals surface area contributed by atoms with Gasteiger partial charge in [-0.25, -0.2) is 22.0 Å². The number of nitrogens with one attached hydrogen (secondary N) is 1. The summed E-state index contributed by atoms with van der Waals surface area (Å²) < 4.78 is 66.5. The van der Waals surface area contributed by atoms with Gasteiger partial charge in [0.05, 0.1) is 11.6 Å². The monoisotopic (exact) mass is 309 g/mol. The van der Waals surface area contributed by atoms with Crippen molar-refractivity contribution in [2.45, 2.75) is 12.5 Å². The number of hydrogen-bond acceptors (Lipinski definition) is 4. The van der Waals surface area contributed by atoms with Crippen LogP contribution < -0.4 is 11.3 Å². The summed E-state index contributed by atoms with van der Waals surface area (Å²) in [5, 5.41) is 0. The number of halogens is 5. The van der Waals surface area contributed by atoms with Crippen molar-refractivity contribution in [1.29, 1.82) is 0 Å². The molecule has 0 aliphatic heterocycles. The highest BCUT2D eigenvalue weighted by Crippen LogP contribution is 2.29. The molecule has 0 saturated heterocycles. The first kappa shape index (κ1) is 14.8. The fourth-order valence-corrected chi connectivity index (χ4v) is 2.36. The average Bonchev–Trinajstić information content (AvgIpc) is 2.95. The van der Waals surface area contributed by atoms with Crippen LogP contribution in [0.25, 0.3) is 0 Å². The van der Waals surface area contributed by atoms with E-state index in [9.17, 15) is 22.0 Å². The maximum Gasteiger partial charge on any atom is 0.200 e. The standard InChI is InChI=1S/C11H8F5N3S/c12-7-6(8(13)10(15)11(16)9(7)14)5(19-17)1-4-2-18-3-20-4/h2-3,5,19H,1,17H2. The van der Waals surface area contributed by atoms with E-state index in [1.165, 1.54) is 23.0 Å². The lowest BCUT2D eigenvalue weighted by Gasteiger charge is -2.17. The van der Waals surface area contributed by atoms with Crippen LogP contribution in [0.15, 0.2) is 11.7 Å². The van der Waals surface area contributed by atoms with E-state index in [-0.39, 0.29) is 6.42 Å². The molecule has 0 saturated carbocycles. The molecular formula is C11H8F5N3S. The van der Waals surface area contributed by atoms with Crippen LogP contribution in [0, 0.1) is 29.1 Å². The van der Waals surface area contributed by atoms with Crippen molar-refractivity contribution in [2.75, 3.05) is 0 Å². The minimum Gasteiger partial charge on any atom is -0.271 e. The molecule has 1 heterocycles. The number of benzene rings is 1. The van der Waals surface area contributed by atoms with E-state index in [2.05, 4.69) is 10.4 Å². The third-order valence-corrected chi connectivity index (χ3v) is 3.48. The Labute approximate surface area is 114 Å². The number of hydrazine groups is 1. The van der Waals surface area contributed by atoms with Crippen molar-refractivity contribution in [3.05, 3.63) is 51.2 Å². The highest BCUT2D eigenvalue weighted by Gasteiger charge is 2.30. The van der Waals surface area contributed by atoms with Gasteiger partial charge in [-0.3, -0.25) is 16.3 Å². The zero-order chi connectivity index (χ0) is 14.9. The zero-order valence-corrected chi connectivity index (χ0v) is 10.6. The van der Waals surface area contributed by atoms with Crippen LogP contribution in [-0.2, 0) is 6.42 Å². The molecule has 1 atom stereocenters. The first-order valence-corrected chi connectivity index (χ1v) is 6.20. The van der Waals surface area contributed by atoms with Gasteiger partial charge < -0.3 is 0 Å². The van der Waals surface area contributed by atoms with Crippen molar-refractivity contribution in [3.63, 3.8) is 0 Å². The summed E-state index contributed by atoms with van der Waals surface area (Å²) in [7, 11) is 0. The molecule has 0 fully saturated rings. The van der Waals surface area contributed by atoms with Crippen LogP contribution in [0.2, 0.25) is 0 Å². The van der Waals surface area contributed by atoms with Crippen molar-refractivity contribution in [1.82, 2.24) is 10.4 Å². The topological polar surface area (TPSA) is 50.9 Å². The zero-order valence-electron chi connectivity index (χ0n) is 9.76. The largest absolute Gasteiger partial charge is 0.271 e. The Morgan fingerprint density at radius 2 is 1.60 bits per heavy atom. The molecule has 0 aliphatic rings. The SMILES string of the molecule is NNC(Cc1cncs1)c1c(F)c(F)c(F)c(F)c1F. The summed E-state index contributed by atoms with van der Waals surface area (Å²) in [5.41, 5.74) is 2.54. The van der Waals surface area contributed by atoms with E-state index in [1.807, 2.05) is 0 Å². The highest BCUT2D eigenvalue weighted by atomic mass is 32.1. The fraction of sp³-hybridized carbons (Fsp3) is 0.182. The predicted molar refractivity (Wildman–Crippen MR) is 62.1 cm³/mol. The lowest BCUT2D eigenvalue weighted by atomic mass is 10.0. The summed E-state index contributed by atoms with van der Waals surface area (Å²) in [6.45, 7) is 0. The van der Waals surface area contributed by atoms with Crippen LogP contribution >= 0.6 is 11.3 Å². The van der Waals surface area contributed by atoms with E-state index >= 15 is 0 Å². The van der Waals surface area contributed by atoms with E-state index in [1.54, 1.807) is 0 Å². The van der Waals surface area contributed by atoms with Crippen molar-refractivity contribution in [2.24, 2.45) is 5.84 Å². The second-order valence-corrected chi connectivity index (χ2v) is 4.85. The quantitative estimate of drug-likeness (QED) is 0.300. The Morgan fingerprint density at radius 1 is 1.05 bits per heavy atom. The maximum absolute atomic E-state index is 13.6. The second-order valence-electron chi connectivity index (χ2n) is 3.87. The molecule has 20 heavy (non-hydrogen) atoms. The van der Waals surface area contributed by atoms with Crippen LogP contribution in [0.1, 0.15) is 16.5 Å². The summed E-state index contributed by atoms with van der Waals surface area (Å²) in [5.74, 6) is -4.82. The van der Waals surface area contributed by atoms with Gasteiger partial charge in [0.25, 0.3) is 0 Å². The van der Waals surface area contributed by atoms with Gasteiger partial charge in [-0.2, -0.15) is 0 Å². The smallest absolute Gasteiger partial charge is 0.200 e. The van der Waals surface area contributed by atoms with Gasteiger partial charge in [-0.1, -0.05) is 0 Å². The molecule has 3 nitrogen and oxygen atoms in total. The molecule has 0 radical (unpaired) electrons. The van der Waals surface area contributed by atoms with Gasteiger partial charge in [-0.05, 0) is 0 Å². The summed E-state index contributed by atoms with van der Waals surface area (Å²) >= 11 is 1.17. The van der Waals surface area contributed by atoms with Gasteiger partial charge in [0, 0.05) is 23.1 Å². The molecule has 1 unspecified atom stereocenters. The average molecular weight is 309 g/mol. The molecule has 0 spiro atoms. The number of thiazole rings is 1. The van der Waals surface area contributed by atoms with Crippen LogP contribution in [-0.4, -0.2) is 4.98 Å². The predicted octanol–water partition coefficient (Wildman–Crippen LogP) is 2.59. The van der Waals surface area contributed by atoms with Gasteiger partial charge >= 0.3 is 0 Å². The number of nitrogens with zero attached hydrogens (tertiary/aromatic N) is 1. The molecule has 0 aliphatic carbocycles. The number of nitrogens with two attached hydrogens (primary N) is 1. The summed E-state index contributed by atoms with van der Waals surface area (Å²) in [6, 6.07) is -1.26. The van der Waals surface area contributed by atoms with E-state index in [0.717, 1.165) is 0 Å². The Balaban J connectivity index is 2.49. The first-order valence-electron chi connectivity index (χ1n) is 5.32. The fourth-order valence-electron chi connectivity index (χ4n) is 1.72. The second kappa shape index (κ2) is 5.81. The molecule has 3 N–H and O–H groups in total. The molecule has 2 rings (SSSR count). The lowest BCUT2D eigenvalue weighted by molar-refractivity contribution is 0.356. The van der Waals surface area contributed by atoms with Gasteiger partial charge in [-0.15, -0.1) is 11.3 Å². The van der Waals surface area contributed by atoms with Gasteiger partial charge in [0.2, 0.25) is 5.82 Å². The summed E-state index contributed by atoms with van der Waals surface area (Å²) in [4.78, 5) is 4.33. The van der Waals surface area contributed by atoms with Gasteiger partial charge in [0.15, 0.2) is 23.3 Å². The number of aromatic nitrogens is 1. The molecule has 9 heteroatoms. The normalized spacial score (nSPS) is 12.7. The molecule has 0 bridgehead atoms. The van der Waals surface area contributed by atoms with E-state index < -0.39 is 40.7 Å². The van der Waals surface area contributed by atoms with Crippen LogP contribution in [0.3, 0.4) is 0 Å².